The Bertz CT molecular complexity index is 525. The first kappa shape index (κ1) is 12.7. The number of hydrogen-bond donors (Lipinski definition) is 1. The molecular formula is C13H10Br2FN. The Morgan fingerprint density at radius 1 is 1.00 bits per heavy atom. The molecule has 0 spiro atoms. The number of rotatable bonds is 2. The second kappa shape index (κ2) is 5.29. The summed E-state index contributed by atoms with van der Waals surface area (Å²) in [6.07, 6.45) is 0. The average molecular weight is 359 g/mol. The standard InChI is InChI=1S/C13H10Br2FN/c14-9-3-6-11(12(15)7-9)13(17)8-1-4-10(16)5-2-8/h1-7,13H,17H2. The van der Waals surface area contributed by atoms with E-state index in [1.54, 1.807) is 12.1 Å². The van der Waals surface area contributed by atoms with Crippen molar-refractivity contribution >= 4 is 31.9 Å². The minimum atomic E-state index is -0.266. The summed E-state index contributed by atoms with van der Waals surface area (Å²) in [7, 11) is 0. The van der Waals surface area contributed by atoms with Gasteiger partial charge in [-0.15, -0.1) is 0 Å². The van der Waals surface area contributed by atoms with Crippen LogP contribution in [0.5, 0.6) is 0 Å². The van der Waals surface area contributed by atoms with Gasteiger partial charge in [-0.05, 0) is 35.4 Å². The van der Waals surface area contributed by atoms with E-state index >= 15 is 0 Å². The molecule has 0 aromatic heterocycles. The molecule has 0 saturated heterocycles. The normalized spacial score (nSPS) is 12.5. The highest BCUT2D eigenvalue weighted by Crippen LogP contribution is 2.29. The molecule has 2 aromatic rings. The minimum Gasteiger partial charge on any atom is -0.320 e. The highest BCUT2D eigenvalue weighted by molar-refractivity contribution is 9.11. The van der Waals surface area contributed by atoms with Gasteiger partial charge in [-0.3, -0.25) is 0 Å². The Hall–Kier alpha value is -0.710. The van der Waals surface area contributed by atoms with Crippen molar-refractivity contribution in [2.45, 2.75) is 6.04 Å². The van der Waals surface area contributed by atoms with Gasteiger partial charge in [0.25, 0.3) is 0 Å². The zero-order chi connectivity index (χ0) is 12.4. The third-order valence-electron chi connectivity index (χ3n) is 2.53. The van der Waals surface area contributed by atoms with Gasteiger partial charge in [-0.1, -0.05) is 50.1 Å². The Kier molecular flexibility index (Phi) is 3.97. The number of halogens is 3. The maximum Gasteiger partial charge on any atom is 0.123 e. The van der Waals surface area contributed by atoms with Crippen LogP contribution in [0.2, 0.25) is 0 Å². The van der Waals surface area contributed by atoms with Crippen LogP contribution < -0.4 is 5.73 Å². The van der Waals surface area contributed by atoms with E-state index in [4.69, 9.17) is 5.73 Å². The van der Waals surface area contributed by atoms with E-state index < -0.39 is 0 Å². The van der Waals surface area contributed by atoms with Crippen LogP contribution in [0.3, 0.4) is 0 Å². The van der Waals surface area contributed by atoms with Crippen LogP contribution in [-0.2, 0) is 0 Å². The molecule has 0 aliphatic rings. The van der Waals surface area contributed by atoms with Gasteiger partial charge in [-0.25, -0.2) is 4.39 Å². The van der Waals surface area contributed by atoms with Crippen molar-refractivity contribution in [3.8, 4) is 0 Å². The molecule has 0 saturated carbocycles. The molecule has 17 heavy (non-hydrogen) atoms. The Morgan fingerprint density at radius 3 is 2.24 bits per heavy atom. The predicted octanol–water partition coefficient (Wildman–Crippen LogP) is 4.40. The highest BCUT2D eigenvalue weighted by Gasteiger charge is 2.12. The Morgan fingerprint density at radius 2 is 1.65 bits per heavy atom. The van der Waals surface area contributed by atoms with Gasteiger partial charge in [0.2, 0.25) is 0 Å². The molecular weight excluding hydrogens is 349 g/mol. The molecule has 1 unspecified atom stereocenters. The molecule has 0 aliphatic carbocycles. The van der Waals surface area contributed by atoms with Crippen molar-refractivity contribution in [2.24, 2.45) is 5.73 Å². The molecule has 0 heterocycles. The molecule has 0 amide bonds. The predicted molar refractivity (Wildman–Crippen MR) is 74.3 cm³/mol. The fourth-order valence-electron chi connectivity index (χ4n) is 1.60. The van der Waals surface area contributed by atoms with Crippen molar-refractivity contribution < 1.29 is 4.39 Å². The van der Waals surface area contributed by atoms with Crippen molar-refractivity contribution in [1.82, 2.24) is 0 Å². The van der Waals surface area contributed by atoms with E-state index in [1.807, 2.05) is 18.2 Å². The lowest BCUT2D eigenvalue weighted by atomic mass is 10.00. The van der Waals surface area contributed by atoms with E-state index in [1.165, 1.54) is 12.1 Å². The van der Waals surface area contributed by atoms with Crippen LogP contribution in [0.4, 0.5) is 4.39 Å². The molecule has 1 atom stereocenters. The molecule has 0 fully saturated rings. The summed E-state index contributed by atoms with van der Waals surface area (Å²) >= 11 is 6.87. The molecule has 88 valence electrons. The maximum atomic E-state index is 12.8. The third-order valence-corrected chi connectivity index (χ3v) is 3.71. The quantitative estimate of drug-likeness (QED) is 0.845. The lowest BCUT2D eigenvalue weighted by Crippen LogP contribution is -2.12. The molecule has 1 nitrogen and oxygen atoms in total. The molecule has 0 bridgehead atoms. The summed E-state index contributed by atoms with van der Waals surface area (Å²) in [5, 5.41) is 0. The largest absolute Gasteiger partial charge is 0.320 e. The topological polar surface area (TPSA) is 26.0 Å². The molecule has 2 rings (SSSR count). The molecule has 2 aromatic carbocycles. The molecule has 0 aliphatic heterocycles. The fraction of sp³-hybridized carbons (Fsp3) is 0.0769. The van der Waals surface area contributed by atoms with Crippen molar-refractivity contribution in [3.05, 3.63) is 68.4 Å². The molecule has 4 heteroatoms. The van der Waals surface area contributed by atoms with Crippen LogP contribution in [-0.4, -0.2) is 0 Å². The Balaban J connectivity index is 2.36. The van der Waals surface area contributed by atoms with Crippen LogP contribution in [0.15, 0.2) is 51.4 Å². The first-order chi connectivity index (χ1) is 8.08. The Labute approximate surface area is 116 Å². The van der Waals surface area contributed by atoms with Crippen LogP contribution in [0, 0.1) is 5.82 Å². The van der Waals surface area contributed by atoms with Gasteiger partial charge in [0.15, 0.2) is 0 Å². The molecule has 0 radical (unpaired) electrons. The van der Waals surface area contributed by atoms with Gasteiger partial charge >= 0.3 is 0 Å². The lowest BCUT2D eigenvalue weighted by molar-refractivity contribution is 0.626. The maximum absolute atomic E-state index is 12.8. The van der Waals surface area contributed by atoms with E-state index in [2.05, 4.69) is 31.9 Å². The summed E-state index contributed by atoms with van der Waals surface area (Å²) in [6.45, 7) is 0. The highest BCUT2D eigenvalue weighted by atomic mass is 79.9. The van der Waals surface area contributed by atoms with E-state index in [-0.39, 0.29) is 11.9 Å². The van der Waals surface area contributed by atoms with E-state index in [0.29, 0.717) is 0 Å². The smallest absolute Gasteiger partial charge is 0.123 e. The second-order valence-corrected chi connectivity index (χ2v) is 5.47. The third kappa shape index (κ3) is 2.94. The zero-order valence-corrected chi connectivity index (χ0v) is 12.0. The molecule has 2 N–H and O–H groups in total. The number of hydrogen-bond acceptors (Lipinski definition) is 1. The lowest BCUT2D eigenvalue weighted by Gasteiger charge is -2.14. The van der Waals surface area contributed by atoms with Gasteiger partial charge < -0.3 is 5.73 Å². The van der Waals surface area contributed by atoms with E-state index in [0.717, 1.165) is 20.1 Å². The second-order valence-electron chi connectivity index (χ2n) is 3.70. The SMILES string of the molecule is NC(c1ccc(F)cc1)c1ccc(Br)cc1Br. The zero-order valence-electron chi connectivity index (χ0n) is 8.83. The summed E-state index contributed by atoms with van der Waals surface area (Å²) in [6, 6.07) is 11.8. The fourth-order valence-corrected chi connectivity index (χ4v) is 2.90. The summed E-state index contributed by atoms with van der Waals surface area (Å²) < 4.78 is 14.7. The van der Waals surface area contributed by atoms with Gasteiger partial charge in [0.05, 0.1) is 6.04 Å². The minimum absolute atomic E-state index is 0.254. The first-order valence-electron chi connectivity index (χ1n) is 5.04. The average Bonchev–Trinajstić information content (AvgIpc) is 2.29. The van der Waals surface area contributed by atoms with Gasteiger partial charge in [0.1, 0.15) is 5.82 Å². The summed E-state index contributed by atoms with van der Waals surface area (Å²) in [5.74, 6) is -0.254. The van der Waals surface area contributed by atoms with Crippen LogP contribution in [0.25, 0.3) is 0 Å². The number of benzene rings is 2. The van der Waals surface area contributed by atoms with Gasteiger partial charge in [0, 0.05) is 8.95 Å². The van der Waals surface area contributed by atoms with Crippen molar-refractivity contribution in [3.63, 3.8) is 0 Å². The monoisotopic (exact) mass is 357 g/mol. The van der Waals surface area contributed by atoms with Crippen LogP contribution >= 0.6 is 31.9 Å². The van der Waals surface area contributed by atoms with E-state index in [9.17, 15) is 4.39 Å². The first-order valence-corrected chi connectivity index (χ1v) is 6.62. The van der Waals surface area contributed by atoms with Crippen molar-refractivity contribution in [1.29, 1.82) is 0 Å². The van der Waals surface area contributed by atoms with Crippen molar-refractivity contribution in [2.75, 3.05) is 0 Å². The number of nitrogens with two attached hydrogens (primary N) is 1. The summed E-state index contributed by atoms with van der Waals surface area (Å²) in [4.78, 5) is 0. The van der Waals surface area contributed by atoms with Crippen LogP contribution in [0.1, 0.15) is 17.2 Å². The summed E-state index contributed by atoms with van der Waals surface area (Å²) in [5.41, 5.74) is 8.01. The van der Waals surface area contributed by atoms with Gasteiger partial charge in [-0.2, -0.15) is 0 Å².